The number of hydrogen-bond acceptors (Lipinski definition) is 4. The van der Waals surface area contributed by atoms with Crippen LogP contribution in [-0.2, 0) is 0 Å². The minimum atomic E-state index is 0.169. The van der Waals surface area contributed by atoms with E-state index >= 15 is 0 Å². The lowest BCUT2D eigenvalue weighted by Crippen LogP contribution is -2.50. The van der Waals surface area contributed by atoms with E-state index in [2.05, 4.69) is 9.88 Å². The van der Waals surface area contributed by atoms with Crippen LogP contribution in [-0.4, -0.2) is 59.0 Å². The topological polar surface area (TPSA) is 45.7 Å². The first-order chi connectivity index (χ1) is 13.7. The van der Waals surface area contributed by atoms with Gasteiger partial charge in [0.15, 0.2) is 0 Å². The summed E-state index contributed by atoms with van der Waals surface area (Å²) in [5.41, 5.74) is 1.99. The predicted molar refractivity (Wildman–Crippen MR) is 110 cm³/mol. The molecule has 0 atom stereocenters. The van der Waals surface area contributed by atoms with Gasteiger partial charge in [-0.2, -0.15) is 0 Å². The Morgan fingerprint density at radius 3 is 2.21 bits per heavy atom. The van der Waals surface area contributed by atoms with Crippen LogP contribution in [0, 0.1) is 6.92 Å². The fraction of sp³-hybridized carbons (Fsp3) is 0.478. The predicted octanol–water partition coefficient (Wildman–Crippen LogP) is 3.54. The molecule has 5 heteroatoms. The quantitative estimate of drug-likeness (QED) is 0.815. The molecule has 3 heterocycles. The van der Waals surface area contributed by atoms with E-state index in [4.69, 9.17) is 4.74 Å². The maximum atomic E-state index is 12.7. The molecule has 2 aromatic rings. The zero-order valence-electron chi connectivity index (χ0n) is 16.6. The summed E-state index contributed by atoms with van der Waals surface area (Å²) in [6.45, 7) is 5.90. The Morgan fingerprint density at radius 1 is 0.929 bits per heavy atom. The van der Waals surface area contributed by atoms with Crippen molar-refractivity contribution in [1.29, 1.82) is 0 Å². The Hall–Kier alpha value is -2.40. The lowest BCUT2D eigenvalue weighted by atomic mass is 9.98. The second-order valence-electron chi connectivity index (χ2n) is 7.93. The van der Waals surface area contributed by atoms with Crippen molar-refractivity contribution in [3.63, 3.8) is 0 Å². The normalized spacial score (nSPS) is 19.5. The van der Waals surface area contributed by atoms with Gasteiger partial charge in [0.25, 0.3) is 5.91 Å². The van der Waals surface area contributed by atoms with Gasteiger partial charge >= 0.3 is 0 Å². The van der Waals surface area contributed by atoms with Crippen LogP contribution in [0.4, 0.5) is 0 Å². The molecule has 0 unspecified atom stereocenters. The van der Waals surface area contributed by atoms with Crippen molar-refractivity contribution in [2.24, 2.45) is 0 Å². The first kappa shape index (κ1) is 18.9. The van der Waals surface area contributed by atoms with Gasteiger partial charge < -0.3 is 9.64 Å². The number of rotatable bonds is 4. The maximum Gasteiger partial charge on any atom is 0.253 e. The molecule has 2 saturated heterocycles. The van der Waals surface area contributed by atoms with Crippen molar-refractivity contribution in [2.45, 2.75) is 44.8 Å². The Morgan fingerprint density at radius 2 is 1.57 bits per heavy atom. The minimum absolute atomic E-state index is 0.169. The summed E-state index contributed by atoms with van der Waals surface area (Å²) in [6.07, 6.45) is 8.09. The van der Waals surface area contributed by atoms with Crippen molar-refractivity contribution in [2.75, 3.05) is 26.2 Å². The van der Waals surface area contributed by atoms with E-state index in [-0.39, 0.29) is 5.91 Å². The molecule has 4 rings (SSSR count). The van der Waals surface area contributed by atoms with Crippen LogP contribution in [0.5, 0.6) is 5.75 Å². The van der Waals surface area contributed by atoms with Crippen molar-refractivity contribution < 1.29 is 9.53 Å². The monoisotopic (exact) mass is 379 g/mol. The molecule has 2 aliphatic rings. The minimum Gasteiger partial charge on any atom is -0.490 e. The highest BCUT2D eigenvalue weighted by atomic mass is 16.5. The average molecular weight is 380 g/mol. The molecule has 5 nitrogen and oxygen atoms in total. The summed E-state index contributed by atoms with van der Waals surface area (Å²) in [5.74, 6) is 1.08. The first-order valence-corrected chi connectivity index (χ1v) is 10.4. The molecule has 148 valence electrons. The SMILES string of the molecule is Cc1ccc(C(=O)N2CCC(N3CCC(Oc4ccncc4)CC3)CC2)cc1. The number of likely N-dealkylation sites (tertiary alicyclic amines) is 2. The van der Waals surface area contributed by atoms with Gasteiger partial charge in [-0.05, 0) is 56.9 Å². The van der Waals surface area contributed by atoms with Gasteiger partial charge in [0.2, 0.25) is 0 Å². The van der Waals surface area contributed by atoms with Crippen molar-refractivity contribution in [3.8, 4) is 5.75 Å². The van der Waals surface area contributed by atoms with Gasteiger partial charge in [-0.15, -0.1) is 0 Å². The third-order valence-corrected chi connectivity index (χ3v) is 6.00. The smallest absolute Gasteiger partial charge is 0.253 e. The molecule has 2 aliphatic heterocycles. The molecule has 0 radical (unpaired) electrons. The van der Waals surface area contributed by atoms with Gasteiger partial charge in [-0.3, -0.25) is 14.7 Å². The second kappa shape index (κ2) is 8.74. The number of piperidine rings is 2. The fourth-order valence-electron chi connectivity index (χ4n) is 4.28. The zero-order chi connectivity index (χ0) is 19.3. The van der Waals surface area contributed by atoms with Gasteiger partial charge in [-0.25, -0.2) is 0 Å². The number of amides is 1. The zero-order valence-corrected chi connectivity index (χ0v) is 16.6. The van der Waals surface area contributed by atoms with E-state index < -0.39 is 0 Å². The molecule has 0 spiro atoms. The molecule has 0 aliphatic carbocycles. The molecule has 1 aromatic heterocycles. The van der Waals surface area contributed by atoms with Gasteiger partial charge in [0.1, 0.15) is 11.9 Å². The summed E-state index contributed by atoms with van der Waals surface area (Å²) < 4.78 is 6.08. The van der Waals surface area contributed by atoms with E-state index in [1.807, 2.05) is 48.2 Å². The Bertz CT molecular complexity index is 762. The lowest BCUT2D eigenvalue weighted by molar-refractivity contribution is 0.0425. The van der Waals surface area contributed by atoms with Crippen LogP contribution in [0.15, 0.2) is 48.8 Å². The molecular weight excluding hydrogens is 350 g/mol. The third-order valence-electron chi connectivity index (χ3n) is 6.00. The molecular formula is C23H29N3O2. The number of carbonyl (C=O) groups excluding carboxylic acids is 1. The molecule has 2 fully saturated rings. The highest BCUT2D eigenvalue weighted by molar-refractivity contribution is 5.94. The Kier molecular flexibility index (Phi) is 5.91. The molecule has 28 heavy (non-hydrogen) atoms. The fourth-order valence-corrected chi connectivity index (χ4v) is 4.28. The maximum absolute atomic E-state index is 12.7. The third kappa shape index (κ3) is 4.53. The van der Waals surface area contributed by atoms with E-state index in [1.54, 1.807) is 12.4 Å². The van der Waals surface area contributed by atoms with E-state index in [9.17, 15) is 4.79 Å². The summed E-state index contributed by atoms with van der Waals surface area (Å²) >= 11 is 0. The van der Waals surface area contributed by atoms with Crippen molar-refractivity contribution in [1.82, 2.24) is 14.8 Å². The first-order valence-electron chi connectivity index (χ1n) is 10.4. The van der Waals surface area contributed by atoms with Crippen LogP contribution >= 0.6 is 0 Å². The second-order valence-corrected chi connectivity index (χ2v) is 7.93. The number of aromatic nitrogens is 1. The summed E-state index contributed by atoms with van der Waals surface area (Å²) in [7, 11) is 0. The van der Waals surface area contributed by atoms with Crippen LogP contribution in [0.3, 0.4) is 0 Å². The summed E-state index contributed by atoms with van der Waals surface area (Å²) in [6, 6.07) is 12.3. The number of aryl methyl sites for hydroxylation is 1. The molecule has 0 N–H and O–H groups in total. The molecule has 1 amide bonds. The summed E-state index contributed by atoms with van der Waals surface area (Å²) in [4.78, 5) is 21.4. The molecule has 0 saturated carbocycles. The van der Waals surface area contributed by atoms with E-state index in [1.165, 1.54) is 5.56 Å². The highest BCUT2D eigenvalue weighted by Gasteiger charge is 2.30. The number of nitrogens with zero attached hydrogens (tertiary/aromatic N) is 3. The number of hydrogen-bond donors (Lipinski definition) is 0. The highest BCUT2D eigenvalue weighted by Crippen LogP contribution is 2.24. The van der Waals surface area contributed by atoms with Crippen molar-refractivity contribution in [3.05, 3.63) is 59.9 Å². The molecule has 1 aromatic carbocycles. The number of pyridine rings is 1. The van der Waals surface area contributed by atoms with Gasteiger partial charge in [0.05, 0.1) is 0 Å². The number of carbonyl (C=O) groups is 1. The molecule has 0 bridgehead atoms. The van der Waals surface area contributed by atoms with E-state index in [0.717, 1.165) is 63.2 Å². The van der Waals surface area contributed by atoms with Gasteiger partial charge in [-0.1, -0.05) is 17.7 Å². The number of benzene rings is 1. The largest absolute Gasteiger partial charge is 0.490 e. The lowest BCUT2D eigenvalue weighted by Gasteiger charge is -2.41. The summed E-state index contributed by atoms with van der Waals surface area (Å²) in [5, 5.41) is 0. The van der Waals surface area contributed by atoms with Gasteiger partial charge in [0, 0.05) is 50.2 Å². The Labute approximate surface area is 167 Å². The van der Waals surface area contributed by atoms with Crippen LogP contribution in [0.2, 0.25) is 0 Å². The Balaban J connectivity index is 1.23. The van der Waals surface area contributed by atoms with Crippen LogP contribution in [0.25, 0.3) is 0 Å². The number of ether oxygens (including phenoxy) is 1. The van der Waals surface area contributed by atoms with Crippen LogP contribution in [0.1, 0.15) is 41.6 Å². The average Bonchev–Trinajstić information content (AvgIpc) is 2.75. The van der Waals surface area contributed by atoms with E-state index in [0.29, 0.717) is 12.1 Å². The standard InChI is InChI=1S/C23H29N3O2/c1-18-2-4-19(5-3-18)23(27)26-14-8-20(9-15-26)25-16-10-22(11-17-25)28-21-6-12-24-13-7-21/h2-7,12-13,20,22H,8-11,14-17H2,1H3. The van der Waals surface area contributed by atoms with Crippen molar-refractivity contribution >= 4 is 5.91 Å². The van der Waals surface area contributed by atoms with Crippen LogP contribution < -0.4 is 4.74 Å².